The van der Waals surface area contributed by atoms with E-state index in [9.17, 15) is 13.2 Å². The van der Waals surface area contributed by atoms with E-state index in [0.717, 1.165) is 22.3 Å². The highest BCUT2D eigenvalue weighted by Crippen LogP contribution is 2.35. The van der Waals surface area contributed by atoms with Gasteiger partial charge in [-0.1, -0.05) is 25.1 Å². The lowest BCUT2D eigenvalue weighted by Crippen LogP contribution is -2.20. The van der Waals surface area contributed by atoms with Crippen LogP contribution >= 0.6 is 0 Å². The highest BCUT2D eigenvalue weighted by molar-refractivity contribution is 5.82. The van der Waals surface area contributed by atoms with Crippen molar-refractivity contribution in [2.45, 2.75) is 38.4 Å². The summed E-state index contributed by atoms with van der Waals surface area (Å²) < 4.78 is 43.1. The van der Waals surface area contributed by atoms with Gasteiger partial charge < -0.3 is 9.73 Å². The zero-order valence-electron chi connectivity index (χ0n) is 11.6. The van der Waals surface area contributed by atoms with E-state index in [1.54, 1.807) is 7.05 Å². The fourth-order valence-electron chi connectivity index (χ4n) is 2.50. The van der Waals surface area contributed by atoms with Crippen LogP contribution in [0.4, 0.5) is 13.2 Å². The second-order valence-electron chi connectivity index (χ2n) is 4.78. The summed E-state index contributed by atoms with van der Waals surface area (Å²) in [7, 11) is 1.68. The molecule has 20 heavy (non-hydrogen) atoms. The van der Waals surface area contributed by atoms with Crippen LogP contribution in [-0.2, 0) is 6.42 Å². The second-order valence-corrected chi connectivity index (χ2v) is 4.78. The number of nitrogens with one attached hydrogen (secondary N) is 1. The Morgan fingerprint density at radius 1 is 1.25 bits per heavy atom. The zero-order chi connectivity index (χ0) is 14.8. The van der Waals surface area contributed by atoms with Gasteiger partial charge in [0.2, 0.25) is 0 Å². The van der Waals surface area contributed by atoms with Crippen molar-refractivity contribution in [3.8, 4) is 0 Å². The van der Waals surface area contributed by atoms with Crippen molar-refractivity contribution in [3.05, 3.63) is 35.6 Å². The third-order valence-electron chi connectivity index (χ3n) is 3.45. The van der Waals surface area contributed by atoms with Crippen LogP contribution in [0.15, 0.2) is 28.7 Å². The second kappa shape index (κ2) is 5.87. The van der Waals surface area contributed by atoms with Crippen molar-refractivity contribution >= 4 is 11.0 Å². The van der Waals surface area contributed by atoms with Gasteiger partial charge in [-0.05, 0) is 19.5 Å². The third kappa shape index (κ3) is 3.15. The molecule has 0 amide bonds. The molecule has 0 bridgehead atoms. The van der Waals surface area contributed by atoms with Crippen molar-refractivity contribution in [3.63, 3.8) is 0 Å². The molecule has 1 aromatic heterocycles. The van der Waals surface area contributed by atoms with E-state index in [2.05, 4.69) is 5.32 Å². The highest BCUT2D eigenvalue weighted by Gasteiger charge is 2.30. The quantitative estimate of drug-likeness (QED) is 0.868. The number of halogens is 3. The SMILES string of the molecule is CCc1oc2ccccc2c1C(CCC(F)(F)F)NC. The van der Waals surface area contributed by atoms with Crippen molar-refractivity contribution in [1.29, 1.82) is 0 Å². The van der Waals surface area contributed by atoms with Crippen LogP contribution in [0.3, 0.4) is 0 Å². The molecule has 0 fully saturated rings. The molecule has 2 rings (SSSR count). The lowest BCUT2D eigenvalue weighted by Gasteiger charge is -2.17. The van der Waals surface area contributed by atoms with E-state index in [4.69, 9.17) is 4.42 Å². The largest absolute Gasteiger partial charge is 0.461 e. The first-order chi connectivity index (χ1) is 9.46. The van der Waals surface area contributed by atoms with Crippen LogP contribution in [0.1, 0.15) is 37.1 Å². The van der Waals surface area contributed by atoms with Gasteiger partial charge in [-0.15, -0.1) is 0 Å². The van der Waals surface area contributed by atoms with Gasteiger partial charge in [0.15, 0.2) is 0 Å². The van der Waals surface area contributed by atoms with E-state index >= 15 is 0 Å². The summed E-state index contributed by atoms with van der Waals surface area (Å²) in [6.07, 6.45) is -4.27. The topological polar surface area (TPSA) is 25.2 Å². The number of para-hydroxylation sites is 1. The zero-order valence-corrected chi connectivity index (χ0v) is 11.6. The van der Waals surface area contributed by atoms with Crippen LogP contribution < -0.4 is 5.32 Å². The molecule has 0 aliphatic carbocycles. The molecule has 0 aliphatic heterocycles. The molecule has 1 N–H and O–H groups in total. The van der Waals surface area contributed by atoms with Gasteiger partial charge >= 0.3 is 6.18 Å². The van der Waals surface area contributed by atoms with Crippen molar-refractivity contribution < 1.29 is 17.6 Å². The van der Waals surface area contributed by atoms with Crippen molar-refractivity contribution in [2.24, 2.45) is 0 Å². The first-order valence-electron chi connectivity index (χ1n) is 6.70. The minimum absolute atomic E-state index is 0.0104. The molecule has 0 saturated carbocycles. The maximum absolute atomic E-state index is 12.4. The number of alkyl halides is 3. The molecule has 0 spiro atoms. The Hall–Kier alpha value is -1.49. The lowest BCUT2D eigenvalue weighted by atomic mass is 9.97. The molecule has 1 atom stereocenters. The van der Waals surface area contributed by atoms with Crippen LogP contribution in [0.25, 0.3) is 11.0 Å². The summed E-state index contributed by atoms with van der Waals surface area (Å²) in [5, 5.41) is 3.88. The molecule has 2 aromatic rings. The number of benzene rings is 1. The summed E-state index contributed by atoms with van der Waals surface area (Å²) in [6.45, 7) is 1.94. The van der Waals surface area contributed by atoms with Crippen LogP contribution in [0, 0.1) is 0 Å². The Morgan fingerprint density at radius 3 is 2.55 bits per heavy atom. The number of aryl methyl sites for hydroxylation is 1. The van der Waals surface area contributed by atoms with E-state index < -0.39 is 12.6 Å². The number of furan rings is 1. The molecule has 5 heteroatoms. The van der Waals surface area contributed by atoms with Crippen LogP contribution in [0.2, 0.25) is 0 Å². The van der Waals surface area contributed by atoms with Crippen molar-refractivity contribution in [2.75, 3.05) is 7.05 Å². The van der Waals surface area contributed by atoms with Crippen molar-refractivity contribution in [1.82, 2.24) is 5.32 Å². The molecule has 1 heterocycles. The smallest absolute Gasteiger partial charge is 0.389 e. The summed E-state index contributed by atoms with van der Waals surface area (Å²) >= 11 is 0. The normalized spacial score (nSPS) is 13.8. The Balaban J connectivity index is 2.37. The summed E-state index contributed by atoms with van der Waals surface area (Å²) in [6, 6.07) is 7.12. The maximum atomic E-state index is 12.4. The summed E-state index contributed by atoms with van der Waals surface area (Å²) in [4.78, 5) is 0. The Bertz CT molecular complexity index is 574. The van der Waals surface area contributed by atoms with Gasteiger partial charge in [-0.2, -0.15) is 13.2 Å². The van der Waals surface area contributed by atoms with Gasteiger partial charge in [0.1, 0.15) is 11.3 Å². The minimum atomic E-state index is -4.14. The molecular weight excluding hydrogens is 267 g/mol. The molecule has 0 aliphatic rings. The van der Waals surface area contributed by atoms with Crippen LogP contribution in [0.5, 0.6) is 0 Å². The molecule has 1 unspecified atom stereocenters. The standard InChI is InChI=1S/C15H18F3NO/c1-3-12-14(10-6-4-5-7-13(10)20-12)11(19-2)8-9-15(16,17)18/h4-7,11,19H,3,8-9H2,1-2H3. The average Bonchev–Trinajstić information content (AvgIpc) is 2.77. The fraction of sp³-hybridized carbons (Fsp3) is 0.467. The number of rotatable bonds is 5. The Kier molecular flexibility index (Phi) is 4.38. The molecule has 0 radical (unpaired) electrons. The number of hydrogen-bond donors (Lipinski definition) is 1. The predicted octanol–water partition coefficient (Wildman–Crippen LogP) is 4.60. The molecule has 0 saturated heterocycles. The van der Waals surface area contributed by atoms with E-state index in [0.29, 0.717) is 6.42 Å². The molecule has 110 valence electrons. The third-order valence-corrected chi connectivity index (χ3v) is 3.45. The fourth-order valence-corrected chi connectivity index (χ4v) is 2.50. The summed E-state index contributed by atoms with van der Waals surface area (Å²) in [5.74, 6) is 0.757. The van der Waals surface area contributed by atoms with Gasteiger partial charge in [-0.25, -0.2) is 0 Å². The Morgan fingerprint density at radius 2 is 1.95 bits per heavy atom. The predicted molar refractivity (Wildman–Crippen MR) is 72.7 cm³/mol. The number of hydrogen-bond acceptors (Lipinski definition) is 2. The van der Waals surface area contributed by atoms with Gasteiger partial charge in [0, 0.05) is 29.8 Å². The first kappa shape index (κ1) is 14.9. The maximum Gasteiger partial charge on any atom is 0.389 e. The highest BCUT2D eigenvalue weighted by atomic mass is 19.4. The van der Waals surface area contributed by atoms with Gasteiger partial charge in [0.25, 0.3) is 0 Å². The molecule has 1 aromatic carbocycles. The van der Waals surface area contributed by atoms with Gasteiger partial charge in [-0.3, -0.25) is 0 Å². The minimum Gasteiger partial charge on any atom is -0.461 e. The van der Waals surface area contributed by atoms with E-state index in [1.165, 1.54) is 0 Å². The number of fused-ring (bicyclic) bond motifs is 1. The van der Waals surface area contributed by atoms with Gasteiger partial charge in [0.05, 0.1) is 0 Å². The van der Waals surface area contributed by atoms with Crippen LogP contribution in [-0.4, -0.2) is 13.2 Å². The molecular formula is C15H18F3NO. The average molecular weight is 285 g/mol. The monoisotopic (exact) mass is 285 g/mol. The molecule has 2 nitrogen and oxygen atoms in total. The summed E-state index contributed by atoms with van der Waals surface area (Å²) in [5.41, 5.74) is 1.58. The lowest BCUT2D eigenvalue weighted by molar-refractivity contribution is -0.136. The first-order valence-corrected chi connectivity index (χ1v) is 6.70. The Labute approximate surface area is 116 Å². The van der Waals surface area contributed by atoms with E-state index in [1.807, 2.05) is 31.2 Å². The van der Waals surface area contributed by atoms with E-state index in [-0.39, 0.29) is 12.5 Å².